The molecule has 0 aliphatic heterocycles. The van der Waals surface area contributed by atoms with Crippen LogP contribution in [0.1, 0.15) is 24.0 Å². The number of hydrogen-bond acceptors (Lipinski definition) is 2. The second-order valence-electron chi connectivity index (χ2n) is 4.41. The highest BCUT2D eigenvalue weighted by Crippen LogP contribution is 2.27. The third kappa shape index (κ3) is 2.70. The van der Waals surface area contributed by atoms with Crippen molar-refractivity contribution in [2.75, 3.05) is 12.4 Å². The molecule has 2 heteroatoms. The first-order valence-electron chi connectivity index (χ1n) is 5.99. The van der Waals surface area contributed by atoms with Crippen LogP contribution in [0.3, 0.4) is 0 Å². The van der Waals surface area contributed by atoms with Gasteiger partial charge in [0.1, 0.15) is 5.75 Å². The maximum absolute atomic E-state index is 5.36. The largest absolute Gasteiger partial charge is 0.496 e. The first kappa shape index (κ1) is 11.8. The highest BCUT2D eigenvalue weighted by molar-refractivity contribution is 5.58. The van der Waals surface area contributed by atoms with Gasteiger partial charge in [-0.2, -0.15) is 0 Å². The van der Waals surface area contributed by atoms with Gasteiger partial charge in [0.15, 0.2) is 0 Å². The molecule has 1 N–H and O–H groups in total. The molecule has 17 heavy (non-hydrogen) atoms. The van der Waals surface area contributed by atoms with Gasteiger partial charge in [0, 0.05) is 11.4 Å². The van der Waals surface area contributed by atoms with Gasteiger partial charge in [-0.3, -0.25) is 0 Å². The number of aryl methyl sites for hydroxylation is 2. The molecule has 2 nitrogen and oxygen atoms in total. The van der Waals surface area contributed by atoms with Gasteiger partial charge in [0.2, 0.25) is 0 Å². The van der Waals surface area contributed by atoms with Crippen LogP contribution in [-0.4, -0.2) is 7.11 Å². The summed E-state index contributed by atoms with van der Waals surface area (Å²) < 4.78 is 5.36. The lowest BCUT2D eigenvalue weighted by Gasteiger charge is -2.14. The van der Waals surface area contributed by atoms with Crippen molar-refractivity contribution in [1.29, 1.82) is 0 Å². The molecule has 0 saturated heterocycles. The van der Waals surface area contributed by atoms with Gasteiger partial charge in [-0.05, 0) is 56.0 Å². The van der Waals surface area contributed by atoms with Crippen molar-refractivity contribution < 1.29 is 4.74 Å². The number of ether oxygens (including phenoxy) is 1. The number of allylic oxidation sites excluding steroid dienone is 3. The van der Waals surface area contributed by atoms with Gasteiger partial charge in [-0.25, -0.2) is 0 Å². The summed E-state index contributed by atoms with van der Waals surface area (Å²) in [6.45, 7) is 4.14. The standard InChI is InChI=1S/C15H19NO/c1-11-9-14(10-12(2)15(11)17-3)16-13-7-5-4-6-8-13/h5,7-10,16H,4,6H2,1-3H3. The van der Waals surface area contributed by atoms with Crippen LogP contribution in [-0.2, 0) is 0 Å². The topological polar surface area (TPSA) is 21.3 Å². The van der Waals surface area contributed by atoms with Crippen molar-refractivity contribution in [2.24, 2.45) is 0 Å². The summed E-state index contributed by atoms with van der Waals surface area (Å²) in [5.41, 5.74) is 4.63. The lowest BCUT2D eigenvalue weighted by atomic mass is 10.1. The number of benzene rings is 1. The minimum Gasteiger partial charge on any atom is -0.496 e. The van der Waals surface area contributed by atoms with Gasteiger partial charge in [-0.15, -0.1) is 0 Å². The summed E-state index contributed by atoms with van der Waals surface area (Å²) in [5, 5.41) is 3.43. The van der Waals surface area contributed by atoms with Crippen molar-refractivity contribution in [3.8, 4) is 5.75 Å². The summed E-state index contributed by atoms with van der Waals surface area (Å²) in [5.74, 6) is 0.976. The average Bonchev–Trinajstić information content (AvgIpc) is 2.30. The van der Waals surface area contributed by atoms with Crippen LogP contribution < -0.4 is 10.1 Å². The zero-order chi connectivity index (χ0) is 12.3. The van der Waals surface area contributed by atoms with Crippen LogP contribution in [0.25, 0.3) is 0 Å². The fourth-order valence-electron chi connectivity index (χ4n) is 2.22. The molecule has 2 rings (SSSR count). The van der Waals surface area contributed by atoms with Gasteiger partial charge in [0.05, 0.1) is 7.11 Å². The third-order valence-electron chi connectivity index (χ3n) is 2.95. The van der Waals surface area contributed by atoms with E-state index in [0.717, 1.165) is 35.4 Å². The molecular weight excluding hydrogens is 210 g/mol. The molecule has 1 aromatic carbocycles. The minimum absolute atomic E-state index is 0.976. The van der Waals surface area contributed by atoms with Crippen molar-refractivity contribution in [3.63, 3.8) is 0 Å². The highest BCUT2D eigenvalue weighted by Gasteiger charge is 2.06. The van der Waals surface area contributed by atoms with E-state index in [-0.39, 0.29) is 0 Å². The molecule has 1 aromatic rings. The van der Waals surface area contributed by atoms with Crippen molar-refractivity contribution in [1.82, 2.24) is 0 Å². The van der Waals surface area contributed by atoms with Crippen LogP contribution in [0, 0.1) is 13.8 Å². The minimum atomic E-state index is 0.976. The lowest BCUT2D eigenvalue weighted by Crippen LogP contribution is -2.01. The van der Waals surface area contributed by atoms with E-state index in [1.54, 1.807) is 7.11 Å². The zero-order valence-corrected chi connectivity index (χ0v) is 10.7. The third-order valence-corrected chi connectivity index (χ3v) is 2.95. The van der Waals surface area contributed by atoms with Crippen LogP contribution in [0.15, 0.2) is 36.1 Å². The maximum Gasteiger partial charge on any atom is 0.124 e. The number of methoxy groups -OCH3 is 1. The van der Waals surface area contributed by atoms with E-state index in [9.17, 15) is 0 Å². The monoisotopic (exact) mass is 229 g/mol. The second-order valence-corrected chi connectivity index (χ2v) is 4.41. The number of anilines is 1. The lowest BCUT2D eigenvalue weighted by molar-refractivity contribution is 0.408. The Morgan fingerprint density at radius 1 is 1.12 bits per heavy atom. The molecule has 0 atom stereocenters. The van der Waals surface area contributed by atoms with Gasteiger partial charge < -0.3 is 10.1 Å². The molecule has 0 spiro atoms. The smallest absolute Gasteiger partial charge is 0.124 e. The Balaban J connectivity index is 2.22. The fraction of sp³-hybridized carbons (Fsp3) is 0.333. The van der Waals surface area contributed by atoms with E-state index in [4.69, 9.17) is 4.74 Å². The SMILES string of the molecule is COc1c(C)cc(NC2=CCCC=C2)cc1C. The van der Waals surface area contributed by atoms with E-state index in [1.165, 1.54) is 5.70 Å². The second kappa shape index (κ2) is 5.09. The van der Waals surface area contributed by atoms with Crippen molar-refractivity contribution in [2.45, 2.75) is 26.7 Å². The molecular formula is C15H19NO. The Morgan fingerprint density at radius 2 is 1.82 bits per heavy atom. The summed E-state index contributed by atoms with van der Waals surface area (Å²) in [7, 11) is 1.72. The molecule has 90 valence electrons. The molecule has 0 amide bonds. The highest BCUT2D eigenvalue weighted by atomic mass is 16.5. The number of hydrogen-bond donors (Lipinski definition) is 1. The molecule has 0 heterocycles. The van der Waals surface area contributed by atoms with Crippen LogP contribution in [0.4, 0.5) is 5.69 Å². The Labute approximate surface area is 103 Å². The van der Waals surface area contributed by atoms with Crippen LogP contribution in [0.2, 0.25) is 0 Å². The van der Waals surface area contributed by atoms with E-state index < -0.39 is 0 Å². The van der Waals surface area contributed by atoms with Crippen LogP contribution in [0.5, 0.6) is 5.75 Å². The van der Waals surface area contributed by atoms with E-state index in [2.05, 4.69) is 49.5 Å². The van der Waals surface area contributed by atoms with Crippen molar-refractivity contribution in [3.05, 3.63) is 47.2 Å². The molecule has 1 aliphatic carbocycles. The van der Waals surface area contributed by atoms with Crippen molar-refractivity contribution >= 4 is 5.69 Å². The predicted molar refractivity (Wildman–Crippen MR) is 72.5 cm³/mol. The molecule has 0 radical (unpaired) electrons. The summed E-state index contributed by atoms with van der Waals surface area (Å²) >= 11 is 0. The quantitative estimate of drug-likeness (QED) is 0.847. The predicted octanol–water partition coefficient (Wildman–Crippen LogP) is 3.96. The average molecular weight is 229 g/mol. The molecule has 0 bridgehead atoms. The molecule has 0 saturated carbocycles. The summed E-state index contributed by atoms with van der Waals surface area (Å²) in [4.78, 5) is 0. The zero-order valence-electron chi connectivity index (χ0n) is 10.7. The van der Waals surface area contributed by atoms with E-state index >= 15 is 0 Å². The molecule has 0 aromatic heterocycles. The van der Waals surface area contributed by atoms with E-state index in [0.29, 0.717) is 0 Å². The Kier molecular flexibility index (Phi) is 3.52. The summed E-state index contributed by atoms with van der Waals surface area (Å²) in [6, 6.07) is 4.24. The molecule has 0 unspecified atom stereocenters. The van der Waals surface area contributed by atoms with E-state index in [1.807, 2.05) is 0 Å². The van der Waals surface area contributed by atoms with Gasteiger partial charge >= 0.3 is 0 Å². The maximum atomic E-state index is 5.36. The Hall–Kier alpha value is -1.70. The number of rotatable bonds is 3. The number of nitrogens with one attached hydrogen (secondary N) is 1. The normalized spacial score (nSPS) is 14.4. The Morgan fingerprint density at radius 3 is 2.35 bits per heavy atom. The van der Waals surface area contributed by atoms with Crippen LogP contribution >= 0.6 is 0 Å². The summed E-state index contributed by atoms with van der Waals surface area (Å²) in [6.07, 6.45) is 8.83. The first-order chi connectivity index (χ1) is 8.20. The Bertz CT molecular complexity index is 449. The fourth-order valence-corrected chi connectivity index (χ4v) is 2.22. The molecule has 0 fully saturated rings. The van der Waals surface area contributed by atoms with Gasteiger partial charge in [-0.1, -0.05) is 12.2 Å². The first-order valence-corrected chi connectivity index (χ1v) is 5.99. The van der Waals surface area contributed by atoms with Gasteiger partial charge in [0.25, 0.3) is 0 Å². The molecule has 1 aliphatic rings.